The second-order valence-corrected chi connectivity index (χ2v) is 6.25. The number of hydrogen-bond acceptors (Lipinski definition) is 2. The van der Waals surface area contributed by atoms with Crippen LogP contribution in [0.15, 0.2) is 0 Å². The SMILES string of the molecule is CCCCC(CCC)N1C(=O)C(CC)(CC)NC(=O)C1C. The minimum absolute atomic E-state index is 0.00379. The molecule has 2 atom stereocenters. The van der Waals surface area contributed by atoms with Crippen molar-refractivity contribution in [1.82, 2.24) is 10.2 Å². The Hall–Kier alpha value is -1.06. The molecule has 0 aliphatic carbocycles. The molecule has 1 fully saturated rings. The third-order valence-electron chi connectivity index (χ3n) is 4.92. The van der Waals surface area contributed by atoms with E-state index in [1.165, 1.54) is 0 Å². The molecule has 1 saturated heterocycles. The number of carbonyl (C=O) groups is 2. The van der Waals surface area contributed by atoms with Gasteiger partial charge in [-0.1, -0.05) is 47.0 Å². The summed E-state index contributed by atoms with van der Waals surface area (Å²) in [5, 5.41) is 2.98. The Labute approximate surface area is 129 Å². The molecule has 1 aliphatic heterocycles. The van der Waals surface area contributed by atoms with E-state index in [1.807, 2.05) is 25.7 Å². The van der Waals surface area contributed by atoms with E-state index in [-0.39, 0.29) is 23.9 Å². The van der Waals surface area contributed by atoms with Crippen LogP contribution in [0.2, 0.25) is 0 Å². The molecule has 0 radical (unpaired) electrons. The lowest BCUT2D eigenvalue weighted by atomic mass is 9.85. The molecule has 4 nitrogen and oxygen atoms in total. The van der Waals surface area contributed by atoms with Crippen LogP contribution in [0.5, 0.6) is 0 Å². The van der Waals surface area contributed by atoms with Crippen molar-refractivity contribution >= 4 is 11.8 Å². The largest absolute Gasteiger partial charge is 0.340 e. The first-order chi connectivity index (χ1) is 9.97. The molecule has 2 amide bonds. The Bertz CT molecular complexity index is 364. The first-order valence-electron chi connectivity index (χ1n) is 8.62. The summed E-state index contributed by atoms with van der Waals surface area (Å²) in [6.45, 7) is 10.1. The van der Waals surface area contributed by atoms with Crippen molar-refractivity contribution in [2.45, 2.75) is 97.2 Å². The number of hydrogen-bond donors (Lipinski definition) is 1. The molecule has 122 valence electrons. The summed E-state index contributed by atoms with van der Waals surface area (Å²) in [6, 6.07) is -0.155. The molecule has 1 heterocycles. The molecule has 1 aliphatic rings. The molecular formula is C17H32N2O2. The fourth-order valence-electron chi connectivity index (χ4n) is 3.35. The average Bonchev–Trinajstić information content (AvgIpc) is 2.48. The molecule has 0 aromatic rings. The maximum atomic E-state index is 13.1. The van der Waals surface area contributed by atoms with Gasteiger partial charge in [0.2, 0.25) is 11.8 Å². The molecule has 4 heteroatoms. The predicted molar refractivity (Wildman–Crippen MR) is 86.0 cm³/mol. The lowest BCUT2D eigenvalue weighted by molar-refractivity contribution is -0.158. The van der Waals surface area contributed by atoms with Crippen molar-refractivity contribution in [3.63, 3.8) is 0 Å². The van der Waals surface area contributed by atoms with Gasteiger partial charge in [0.05, 0.1) is 0 Å². The zero-order valence-electron chi connectivity index (χ0n) is 14.4. The van der Waals surface area contributed by atoms with E-state index in [0.29, 0.717) is 12.8 Å². The highest BCUT2D eigenvalue weighted by Crippen LogP contribution is 2.29. The number of nitrogens with zero attached hydrogens (tertiary/aromatic N) is 1. The Morgan fingerprint density at radius 3 is 2.19 bits per heavy atom. The van der Waals surface area contributed by atoms with Gasteiger partial charge < -0.3 is 10.2 Å². The van der Waals surface area contributed by atoms with Gasteiger partial charge in [-0.05, 0) is 32.6 Å². The van der Waals surface area contributed by atoms with Gasteiger partial charge >= 0.3 is 0 Å². The Morgan fingerprint density at radius 1 is 1.10 bits per heavy atom. The van der Waals surface area contributed by atoms with Gasteiger partial charge in [-0.2, -0.15) is 0 Å². The summed E-state index contributed by atoms with van der Waals surface area (Å²) in [5.41, 5.74) is -0.693. The number of carbonyl (C=O) groups excluding carboxylic acids is 2. The van der Waals surface area contributed by atoms with Gasteiger partial charge in [-0.3, -0.25) is 9.59 Å². The number of amides is 2. The topological polar surface area (TPSA) is 49.4 Å². The van der Waals surface area contributed by atoms with Crippen molar-refractivity contribution in [3.8, 4) is 0 Å². The van der Waals surface area contributed by atoms with Crippen LogP contribution < -0.4 is 5.32 Å². The number of nitrogens with one attached hydrogen (secondary N) is 1. The standard InChI is InChI=1S/C17H32N2O2/c1-6-10-12-14(11-7-2)19-13(5)15(20)18-17(8-3,9-4)16(19)21/h13-14H,6-12H2,1-5H3,(H,18,20). The molecule has 0 spiro atoms. The van der Waals surface area contributed by atoms with E-state index in [2.05, 4.69) is 19.2 Å². The van der Waals surface area contributed by atoms with Gasteiger partial charge in [0, 0.05) is 6.04 Å². The number of rotatable bonds is 8. The highest BCUT2D eigenvalue weighted by Gasteiger charge is 2.49. The van der Waals surface area contributed by atoms with E-state index in [0.717, 1.165) is 32.1 Å². The molecule has 1 N–H and O–H groups in total. The maximum Gasteiger partial charge on any atom is 0.249 e. The molecule has 0 saturated carbocycles. The third kappa shape index (κ3) is 3.58. The first-order valence-corrected chi connectivity index (χ1v) is 8.62. The maximum absolute atomic E-state index is 13.1. The molecule has 2 unspecified atom stereocenters. The van der Waals surface area contributed by atoms with Crippen molar-refractivity contribution in [2.24, 2.45) is 0 Å². The van der Waals surface area contributed by atoms with Crippen LogP contribution in [-0.2, 0) is 9.59 Å². The van der Waals surface area contributed by atoms with Gasteiger partial charge in [-0.25, -0.2) is 0 Å². The normalized spacial score (nSPS) is 23.1. The van der Waals surface area contributed by atoms with Crippen molar-refractivity contribution in [1.29, 1.82) is 0 Å². The summed E-state index contributed by atoms with van der Waals surface area (Å²) in [5.74, 6) is 0.116. The summed E-state index contributed by atoms with van der Waals surface area (Å²) >= 11 is 0. The minimum Gasteiger partial charge on any atom is -0.340 e. The summed E-state index contributed by atoms with van der Waals surface area (Å²) < 4.78 is 0. The van der Waals surface area contributed by atoms with E-state index in [9.17, 15) is 9.59 Å². The van der Waals surface area contributed by atoms with Crippen molar-refractivity contribution in [2.75, 3.05) is 0 Å². The third-order valence-corrected chi connectivity index (χ3v) is 4.92. The minimum atomic E-state index is -0.693. The molecule has 1 rings (SSSR count). The summed E-state index contributed by atoms with van der Waals surface area (Å²) in [7, 11) is 0. The van der Waals surface area contributed by atoms with Crippen LogP contribution in [0.3, 0.4) is 0 Å². The Kier molecular flexibility index (Phi) is 6.69. The quantitative estimate of drug-likeness (QED) is 0.747. The number of unbranched alkanes of at least 4 members (excludes halogenated alkanes) is 1. The second kappa shape index (κ2) is 7.81. The molecule has 21 heavy (non-hydrogen) atoms. The fraction of sp³-hybridized carbons (Fsp3) is 0.882. The average molecular weight is 296 g/mol. The molecule has 0 aromatic heterocycles. The number of piperazine rings is 1. The fourth-order valence-corrected chi connectivity index (χ4v) is 3.35. The lowest BCUT2D eigenvalue weighted by Gasteiger charge is -2.48. The van der Waals surface area contributed by atoms with Crippen LogP contribution in [0.4, 0.5) is 0 Å². The molecule has 0 aromatic carbocycles. The summed E-state index contributed by atoms with van der Waals surface area (Å²) in [6.07, 6.45) is 6.55. The van der Waals surface area contributed by atoms with Crippen LogP contribution in [-0.4, -0.2) is 34.3 Å². The molecular weight excluding hydrogens is 264 g/mol. The zero-order valence-corrected chi connectivity index (χ0v) is 14.4. The first kappa shape index (κ1) is 18.0. The van der Waals surface area contributed by atoms with E-state index >= 15 is 0 Å². The summed E-state index contributed by atoms with van der Waals surface area (Å²) in [4.78, 5) is 27.3. The second-order valence-electron chi connectivity index (χ2n) is 6.25. The zero-order chi connectivity index (χ0) is 16.0. The van der Waals surface area contributed by atoms with Gasteiger partial charge in [0.1, 0.15) is 11.6 Å². The van der Waals surface area contributed by atoms with Gasteiger partial charge in [-0.15, -0.1) is 0 Å². The highest BCUT2D eigenvalue weighted by molar-refractivity contribution is 5.99. The Balaban J connectivity index is 3.08. The van der Waals surface area contributed by atoms with Crippen LogP contribution in [0, 0.1) is 0 Å². The van der Waals surface area contributed by atoms with Crippen LogP contribution in [0.1, 0.15) is 79.6 Å². The van der Waals surface area contributed by atoms with Crippen molar-refractivity contribution in [3.05, 3.63) is 0 Å². The van der Waals surface area contributed by atoms with Crippen molar-refractivity contribution < 1.29 is 9.59 Å². The predicted octanol–water partition coefficient (Wildman–Crippen LogP) is 3.25. The van der Waals surface area contributed by atoms with Gasteiger partial charge in [0.15, 0.2) is 0 Å². The van der Waals surface area contributed by atoms with Crippen LogP contribution in [0.25, 0.3) is 0 Å². The van der Waals surface area contributed by atoms with Crippen LogP contribution >= 0.6 is 0 Å². The van der Waals surface area contributed by atoms with E-state index in [1.54, 1.807) is 0 Å². The van der Waals surface area contributed by atoms with Gasteiger partial charge in [0.25, 0.3) is 0 Å². The smallest absolute Gasteiger partial charge is 0.249 e. The van der Waals surface area contributed by atoms with E-state index < -0.39 is 5.54 Å². The molecule has 0 bridgehead atoms. The lowest BCUT2D eigenvalue weighted by Crippen LogP contribution is -2.71. The monoisotopic (exact) mass is 296 g/mol. The Morgan fingerprint density at radius 2 is 1.71 bits per heavy atom. The van der Waals surface area contributed by atoms with E-state index in [4.69, 9.17) is 0 Å². The highest BCUT2D eigenvalue weighted by atomic mass is 16.2.